The zero-order valence-electron chi connectivity index (χ0n) is 8.81. The minimum atomic E-state index is -0.435. The molecular formula is C7H13N7O2. The monoisotopic (exact) mass is 227 g/mol. The van der Waals surface area contributed by atoms with E-state index in [1.807, 2.05) is 4.90 Å². The first kappa shape index (κ1) is 10.6. The second kappa shape index (κ2) is 4.31. The second-order valence-electron chi connectivity index (χ2n) is 3.43. The minimum Gasteiger partial charge on any atom is -0.409 e. The molecule has 2 rings (SSSR count). The molecule has 0 bridgehead atoms. The van der Waals surface area contributed by atoms with E-state index in [-0.39, 0.29) is 5.84 Å². The van der Waals surface area contributed by atoms with Gasteiger partial charge in [-0.25, -0.2) is 4.68 Å². The SMILES string of the molecule is Cn1nnnc1N1CCOC(C(N)=NO)C1. The molecule has 88 valence electrons. The highest BCUT2D eigenvalue weighted by Gasteiger charge is 2.26. The van der Waals surface area contributed by atoms with Gasteiger partial charge >= 0.3 is 0 Å². The molecule has 1 unspecified atom stereocenters. The number of amidine groups is 1. The topological polar surface area (TPSA) is 115 Å². The van der Waals surface area contributed by atoms with Crippen molar-refractivity contribution in [1.82, 2.24) is 20.2 Å². The molecule has 3 N–H and O–H groups in total. The maximum atomic E-state index is 8.58. The van der Waals surface area contributed by atoms with E-state index in [1.54, 1.807) is 11.7 Å². The zero-order chi connectivity index (χ0) is 11.5. The summed E-state index contributed by atoms with van der Waals surface area (Å²) in [5.41, 5.74) is 5.49. The van der Waals surface area contributed by atoms with Gasteiger partial charge in [-0.3, -0.25) is 0 Å². The zero-order valence-corrected chi connectivity index (χ0v) is 8.81. The number of aromatic nitrogens is 4. The van der Waals surface area contributed by atoms with E-state index in [0.717, 1.165) is 0 Å². The molecule has 0 spiro atoms. The Morgan fingerprint density at radius 1 is 1.69 bits per heavy atom. The number of nitrogens with two attached hydrogens (primary N) is 1. The molecule has 9 nitrogen and oxygen atoms in total. The van der Waals surface area contributed by atoms with Crippen LogP contribution in [0.25, 0.3) is 0 Å². The van der Waals surface area contributed by atoms with Gasteiger partial charge in [0.05, 0.1) is 13.2 Å². The minimum absolute atomic E-state index is 0.0554. The summed E-state index contributed by atoms with van der Waals surface area (Å²) in [6.07, 6.45) is -0.435. The average molecular weight is 227 g/mol. The van der Waals surface area contributed by atoms with Crippen LogP contribution in [-0.2, 0) is 11.8 Å². The Hall–Kier alpha value is -1.90. The van der Waals surface area contributed by atoms with Gasteiger partial charge in [0.15, 0.2) is 5.84 Å². The third-order valence-corrected chi connectivity index (χ3v) is 2.39. The summed E-state index contributed by atoms with van der Waals surface area (Å²) >= 11 is 0. The lowest BCUT2D eigenvalue weighted by Crippen LogP contribution is -2.49. The Morgan fingerprint density at radius 2 is 2.50 bits per heavy atom. The number of aryl methyl sites for hydroxylation is 1. The number of rotatable bonds is 2. The largest absolute Gasteiger partial charge is 0.409 e. The Morgan fingerprint density at radius 3 is 3.12 bits per heavy atom. The number of oxime groups is 1. The highest BCUT2D eigenvalue weighted by atomic mass is 16.5. The number of morpholine rings is 1. The third-order valence-electron chi connectivity index (χ3n) is 2.39. The molecule has 2 heterocycles. The van der Waals surface area contributed by atoms with Crippen LogP contribution in [0.2, 0.25) is 0 Å². The molecule has 1 aliphatic heterocycles. The smallest absolute Gasteiger partial charge is 0.245 e. The molecule has 1 fully saturated rings. The summed E-state index contributed by atoms with van der Waals surface area (Å²) < 4.78 is 6.93. The van der Waals surface area contributed by atoms with E-state index in [0.29, 0.717) is 25.6 Å². The van der Waals surface area contributed by atoms with E-state index in [2.05, 4.69) is 20.7 Å². The average Bonchev–Trinajstić information content (AvgIpc) is 2.74. The molecule has 9 heteroatoms. The van der Waals surface area contributed by atoms with Gasteiger partial charge in [-0.2, -0.15) is 0 Å². The molecule has 1 aromatic heterocycles. The fourth-order valence-corrected chi connectivity index (χ4v) is 1.57. The first-order chi connectivity index (χ1) is 7.72. The standard InChI is InChI=1S/C7H13N7O2/c1-13-7(9-11-12-13)14-2-3-16-5(4-14)6(8)10-15/h5,15H,2-4H2,1H3,(H2,8,10). The van der Waals surface area contributed by atoms with Crippen LogP contribution in [0.4, 0.5) is 5.95 Å². The molecule has 1 atom stereocenters. The Labute approximate surface area is 91.5 Å². The van der Waals surface area contributed by atoms with Crippen LogP contribution in [0.1, 0.15) is 0 Å². The van der Waals surface area contributed by atoms with Crippen molar-refractivity contribution in [2.24, 2.45) is 17.9 Å². The first-order valence-electron chi connectivity index (χ1n) is 4.78. The third kappa shape index (κ3) is 1.89. The number of hydrogen-bond donors (Lipinski definition) is 2. The van der Waals surface area contributed by atoms with Crippen molar-refractivity contribution in [3.8, 4) is 0 Å². The number of tetrazole rings is 1. The lowest BCUT2D eigenvalue weighted by molar-refractivity contribution is 0.0798. The summed E-state index contributed by atoms with van der Waals surface area (Å²) in [5.74, 6) is 0.693. The van der Waals surface area contributed by atoms with Crippen LogP contribution in [-0.4, -0.2) is 57.1 Å². The summed E-state index contributed by atoms with van der Waals surface area (Å²) in [5, 5.41) is 22.7. The van der Waals surface area contributed by atoms with Gasteiger partial charge in [0.2, 0.25) is 5.95 Å². The van der Waals surface area contributed by atoms with Crippen LogP contribution < -0.4 is 10.6 Å². The molecule has 1 aliphatic rings. The van der Waals surface area contributed by atoms with Crippen LogP contribution >= 0.6 is 0 Å². The van der Waals surface area contributed by atoms with Crippen LogP contribution in [0, 0.1) is 0 Å². The molecule has 0 aromatic carbocycles. The molecule has 0 radical (unpaired) electrons. The van der Waals surface area contributed by atoms with Gasteiger partial charge in [0.25, 0.3) is 0 Å². The van der Waals surface area contributed by atoms with E-state index in [1.165, 1.54) is 0 Å². The Balaban J connectivity index is 2.11. The maximum Gasteiger partial charge on any atom is 0.245 e. The van der Waals surface area contributed by atoms with Gasteiger partial charge in [0, 0.05) is 13.6 Å². The van der Waals surface area contributed by atoms with Crippen LogP contribution in [0.5, 0.6) is 0 Å². The van der Waals surface area contributed by atoms with E-state index < -0.39 is 6.10 Å². The van der Waals surface area contributed by atoms with Gasteiger partial charge in [-0.15, -0.1) is 0 Å². The molecule has 1 aromatic rings. The molecule has 0 amide bonds. The fourth-order valence-electron chi connectivity index (χ4n) is 1.57. The summed E-state index contributed by atoms with van der Waals surface area (Å²) in [7, 11) is 1.75. The molecule has 1 saturated heterocycles. The molecular weight excluding hydrogens is 214 g/mol. The highest BCUT2D eigenvalue weighted by molar-refractivity contribution is 5.85. The predicted octanol–water partition coefficient (Wildman–Crippen LogP) is -1.84. The van der Waals surface area contributed by atoms with Crippen molar-refractivity contribution in [3.05, 3.63) is 0 Å². The molecule has 0 saturated carbocycles. The van der Waals surface area contributed by atoms with Crippen molar-refractivity contribution in [2.45, 2.75) is 6.10 Å². The maximum absolute atomic E-state index is 8.58. The highest BCUT2D eigenvalue weighted by Crippen LogP contribution is 2.12. The van der Waals surface area contributed by atoms with Crippen molar-refractivity contribution in [2.75, 3.05) is 24.6 Å². The van der Waals surface area contributed by atoms with Gasteiger partial charge in [-0.1, -0.05) is 10.3 Å². The van der Waals surface area contributed by atoms with E-state index in [9.17, 15) is 0 Å². The normalized spacial score (nSPS) is 22.4. The second-order valence-corrected chi connectivity index (χ2v) is 3.43. The van der Waals surface area contributed by atoms with Crippen molar-refractivity contribution in [3.63, 3.8) is 0 Å². The summed E-state index contributed by atoms with van der Waals surface area (Å²) in [6, 6.07) is 0. The predicted molar refractivity (Wildman–Crippen MR) is 54.2 cm³/mol. The van der Waals surface area contributed by atoms with Crippen molar-refractivity contribution < 1.29 is 9.94 Å². The Kier molecular flexibility index (Phi) is 2.86. The van der Waals surface area contributed by atoms with E-state index in [4.69, 9.17) is 15.7 Å². The number of hydrogen-bond acceptors (Lipinski definition) is 7. The van der Waals surface area contributed by atoms with Crippen molar-refractivity contribution >= 4 is 11.8 Å². The number of ether oxygens (including phenoxy) is 1. The Bertz CT molecular complexity index is 390. The van der Waals surface area contributed by atoms with Gasteiger partial charge in [-0.05, 0) is 10.4 Å². The number of nitrogens with zero attached hydrogens (tertiary/aromatic N) is 6. The molecule has 16 heavy (non-hydrogen) atoms. The van der Waals surface area contributed by atoms with Crippen LogP contribution in [0.3, 0.4) is 0 Å². The molecule has 0 aliphatic carbocycles. The number of anilines is 1. The first-order valence-corrected chi connectivity index (χ1v) is 4.78. The van der Waals surface area contributed by atoms with Gasteiger partial charge in [0.1, 0.15) is 6.10 Å². The fraction of sp³-hybridized carbons (Fsp3) is 0.714. The lowest BCUT2D eigenvalue weighted by atomic mass is 10.2. The van der Waals surface area contributed by atoms with E-state index >= 15 is 0 Å². The van der Waals surface area contributed by atoms with Gasteiger partial charge < -0.3 is 20.6 Å². The van der Waals surface area contributed by atoms with Crippen LogP contribution in [0.15, 0.2) is 5.16 Å². The summed E-state index contributed by atoms with van der Waals surface area (Å²) in [4.78, 5) is 1.92. The van der Waals surface area contributed by atoms with Crippen molar-refractivity contribution in [1.29, 1.82) is 0 Å². The lowest BCUT2D eigenvalue weighted by Gasteiger charge is -2.31. The quantitative estimate of drug-likeness (QED) is 0.264. The summed E-state index contributed by atoms with van der Waals surface area (Å²) in [6.45, 7) is 1.61.